The molecule has 0 aliphatic carbocycles. The monoisotopic (exact) mass is 384 g/mol. The van der Waals surface area contributed by atoms with Crippen LogP contribution in [0.2, 0.25) is 0 Å². The molecule has 1 amide bonds. The summed E-state index contributed by atoms with van der Waals surface area (Å²) in [5.41, 5.74) is 6.44. The number of non-ortho nitro benzene ring substituents is 1. The molecule has 0 aromatic heterocycles. The molecule has 1 heterocycles. The Morgan fingerprint density at radius 2 is 1.75 bits per heavy atom. The molecule has 9 heteroatoms. The number of nitro groups is 1. The van der Waals surface area contributed by atoms with Crippen molar-refractivity contribution in [1.29, 1.82) is 0 Å². The van der Waals surface area contributed by atoms with Crippen LogP contribution >= 0.6 is 0 Å². The Hall–Kier alpha value is -3.62. The summed E-state index contributed by atoms with van der Waals surface area (Å²) in [6.45, 7) is 1.96. The number of hydrogen-bond acceptors (Lipinski definition) is 7. The summed E-state index contributed by atoms with van der Waals surface area (Å²) in [6.07, 6.45) is 0. The number of carbonyl (C=O) groups excluding carboxylic acids is 2. The second-order valence-electron chi connectivity index (χ2n) is 6.31. The fraction of sp³-hybridized carbons (Fsp3) is 0.263. The molecule has 146 valence electrons. The standard InChI is InChI=1S/C19H20N4O5/c20-17-7-6-15(23(26)27)12-16(17)19(25)28-13-18(24)22-10-8-21(9-11-22)14-4-2-1-3-5-14/h1-7,12H,8-11,13,20H2. The van der Waals surface area contributed by atoms with E-state index >= 15 is 0 Å². The van der Waals surface area contributed by atoms with E-state index in [1.54, 1.807) is 4.90 Å². The number of piperazine rings is 1. The number of benzene rings is 2. The molecule has 9 nitrogen and oxygen atoms in total. The highest BCUT2D eigenvalue weighted by Gasteiger charge is 2.23. The summed E-state index contributed by atoms with van der Waals surface area (Å²) in [4.78, 5) is 38.5. The zero-order chi connectivity index (χ0) is 20.1. The Labute approximate surface area is 161 Å². The lowest BCUT2D eigenvalue weighted by Gasteiger charge is -2.36. The summed E-state index contributed by atoms with van der Waals surface area (Å²) in [7, 11) is 0. The maximum Gasteiger partial charge on any atom is 0.341 e. The molecule has 2 aromatic rings. The first kappa shape index (κ1) is 19.2. The normalized spacial score (nSPS) is 13.9. The number of esters is 1. The molecule has 2 aromatic carbocycles. The summed E-state index contributed by atoms with van der Waals surface area (Å²) < 4.78 is 5.02. The van der Waals surface area contributed by atoms with Crippen LogP contribution in [0.25, 0.3) is 0 Å². The van der Waals surface area contributed by atoms with Crippen LogP contribution < -0.4 is 10.6 Å². The molecule has 0 unspecified atom stereocenters. The molecular weight excluding hydrogens is 364 g/mol. The van der Waals surface area contributed by atoms with Crippen LogP contribution in [0.15, 0.2) is 48.5 Å². The van der Waals surface area contributed by atoms with Gasteiger partial charge >= 0.3 is 5.97 Å². The maximum atomic E-state index is 12.3. The number of carbonyl (C=O) groups is 2. The van der Waals surface area contributed by atoms with Gasteiger partial charge in [-0.25, -0.2) is 4.79 Å². The average molecular weight is 384 g/mol. The lowest BCUT2D eigenvalue weighted by Crippen LogP contribution is -2.49. The van der Waals surface area contributed by atoms with Crippen LogP contribution in [0.4, 0.5) is 17.1 Å². The van der Waals surface area contributed by atoms with Crippen LogP contribution in [0.5, 0.6) is 0 Å². The fourth-order valence-corrected chi connectivity index (χ4v) is 2.98. The Morgan fingerprint density at radius 1 is 1.07 bits per heavy atom. The van der Waals surface area contributed by atoms with E-state index in [4.69, 9.17) is 10.5 Å². The zero-order valence-electron chi connectivity index (χ0n) is 15.1. The Bertz CT molecular complexity index is 879. The van der Waals surface area contributed by atoms with Crippen molar-refractivity contribution in [2.24, 2.45) is 0 Å². The smallest absolute Gasteiger partial charge is 0.341 e. The third kappa shape index (κ3) is 4.37. The first-order valence-corrected chi connectivity index (χ1v) is 8.74. The van der Waals surface area contributed by atoms with Crippen LogP contribution in [-0.2, 0) is 9.53 Å². The van der Waals surface area contributed by atoms with Gasteiger partial charge in [-0.2, -0.15) is 0 Å². The van der Waals surface area contributed by atoms with Crippen LogP contribution in [0, 0.1) is 10.1 Å². The van der Waals surface area contributed by atoms with E-state index < -0.39 is 17.5 Å². The van der Waals surface area contributed by atoms with E-state index in [0.717, 1.165) is 11.8 Å². The largest absolute Gasteiger partial charge is 0.452 e. The van der Waals surface area contributed by atoms with Crippen molar-refractivity contribution in [2.45, 2.75) is 0 Å². The Balaban J connectivity index is 1.53. The summed E-state index contributed by atoms with van der Waals surface area (Å²) in [5.74, 6) is -1.18. The SMILES string of the molecule is Nc1ccc([N+](=O)[O-])cc1C(=O)OCC(=O)N1CCN(c2ccccc2)CC1. The Morgan fingerprint density at radius 3 is 2.39 bits per heavy atom. The van der Waals surface area contributed by atoms with Crippen molar-refractivity contribution < 1.29 is 19.2 Å². The molecule has 0 atom stereocenters. The van der Waals surface area contributed by atoms with Gasteiger partial charge in [0.15, 0.2) is 6.61 Å². The van der Waals surface area contributed by atoms with Gasteiger partial charge in [-0.05, 0) is 18.2 Å². The van der Waals surface area contributed by atoms with Gasteiger partial charge in [0.05, 0.1) is 10.5 Å². The molecule has 0 saturated carbocycles. The lowest BCUT2D eigenvalue weighted by molar-refractivity contribution is -0.384. The van der Waals surface area contributed by atoms with Gasteiger partial charge < -0.3 is 20.3 Å². The number of nitro benzene ring substituents is 1. The first-order chi connectivity index (χ1) is 13.5. The highest BCUT2D eigenvalue weighted by molar-refractivity contribution is 5.97. The number of anilines is 2. The van der Waals surface area contributed by atoms with Crippen molar-refractivity contribution in [3.05, 3.63) is 64.2 Å². The van der Waals surface area contributed by atoms with Crippen LogP contribution in [0.3, 0.4) is 0 Å². The van der Waals surface area contributed by atoms with Crippen LogP contribution in [0.1, 0.15) is 10.4 Å². The van der Waals surface area contributed by atoms with Gasteiger partial charge in [0.1, 0.15) is 0 Å². The molecular formula is C19H20N4O5. The molecule has 1 saturated heterocycles. The number of nitrogens with zero attached hydrogens (tertiary/aromatic N) is 3. The highest BCUT2D eigenvalue weighted by atomic mass is 16.6. The van der Waals surface area contributed by atoms with Gasteiger partial charge in [-0.3, -0.25) is 14.9 Å². The third-order valence-corrected chi connectivity index (χ3v) is 4.55. The molecule has 1 fully saturated rings. The summed E-state index contributed by atoms with van der Waals surface area (Å²) in [6, 6.07) is 13.4. The number of para-hydroxylation sites is 1. The number of hydrogen-bond donors (Lipinski definition) is 1. The van der Waals surface area contributed by atoms with Crippen molar-refractivity contribution in [3.8, 4) is 0 Å². The van der Waals surface area contributed by atoms with E-state index in [9.17, 15) is 19.7 Å². The number of nitrogens with two attached hydrogens (primary N) is 1. The van der Waals surface area contributed by atoms with Gasteiger partial charge in [0.2, 0.25) is 0 Å². The number of amides is 1. The Kier molecular flexibility index (Phi) is 5.73. The molecule has 3 rings (SSSR count). The molecule has 0 radical (unpaired) electrons. The number of ether oxygens (including phenoxy) is 1. The van der Waals surface area contributed by atoms with E-state index in [0.29, 0.717) is 26.2 Å². The molecule has 1 aliphatic heterocycles. The second-order valence-corrected chi connectivity index (χ2v) is 6.31. The van der Waals surface area contributed by atoms with E-state index in [2.05, 4.69) is 4.90 Å². The van der Waals surface area contributed by atoms with E-state index in [1.807, 2.05) is 30.3 Å². The second kappa shape index (κ2) is 8.38. The van der Waals surface area contributed by atoms with Crippen molar-refractivity contribution in [2.75, 3.05) is 43.4 Å². The maximum absolute atomic E-state index is 12.3. The zero-order valence-corrected chi connectivity index (χ0v) is 15.1. The number of rotatable bonds is 5. The summed E-state index contributed by atoms with van der Waals surface area (Å²) >= 11 is 0. The highest BCUT2D eigenvalue weighted by Crippen LogP contribution is 2.20. The van der Waals surface area contributed by atoms with Crippen molar-refractivity contribution in [3.63, 3.8) is 0 Å². The van der Waals surface area contributed by atoms with Gasteiger partial charge in [-0.15, -0.1) is 0 Å². The van der Waals surface area contributed by atoms with Crippen molar-refractivity contribution in [1.82, 2.24) is 4.90 Å². The minimum atomic E-state index is -0.863. The third-order valence-electron chi connectivity index (χ3n) is 4.55. The quantitative estimate of drug-likeness (QED) is 0.360. The predicted molar refractivity (Wildman–Crippen MR) is 103 cm³/mol. The number of nitrogen functional groups attached to an aromatic ring is 1. The van der Waals surface area contributed by atoms with E-state index in [-0.39, 0.29) is 22.8 Å². The van der Waals surface area contributed by atoms with Crippen LogP contribution in [-0.4, -0.2) is 54.5 Å². The van der Waals surface area contributed by atoms with Gasteiger partial charge in [-0.1, -0.05) is 18.2 Å². The predicted octanol–water partition coefficient (Wildman–Crippen LogP) is 1.68. The minimum absolute atomic E-state index is 0.0551. The first-order valence-electron chi connectivity index (χ1n) is 8.74. The topological polar surface area (TPSA) is 119 Å². The lowest BCUT2D eigenvalue weighted by atomic mass is 10.1. The summed E-state index contributed by atoms with van der Waals surface area (Å²) in [5, 5.41) is 10.8. The van der Waals surface area contributed by atoms with E-state index in [1.165, 1.54) is 12.1 Å². The fourth-order valence-electron chi connectivity index (χ4n) is 2.98. The van der Waals surface area contributed by atoms with Gasteiger partial charge in [0, 0.05) is 49.7 Å². The van der Waals surface area contributed by atoms with Gasteiger partial charge in [0.25, 0.3) is 11.6 Å². The average Bonchev–Trinajstić information content (AvgIpc) is 2.72. The molecule has 0 spiro atoms. The molecule has 1 aliphatic rings. The molecule has 0 bridgehead atoms. The van der Waals surface area contributed by atoms with Crippen molar-refractivity contribution >= 4 is 28.9 Å². The minimum Gasteiger partial charge on any atom is -0.452 e. The molecule has 2 N–H and O–H groups in total. The molecule has 28 heavy (non-hydrogen) atoms.